The van der Waals surface area contributed by atoms with Crippen LogP contribution in [0.3, 0.4) is 0 Å². The molecule has 2 aromatic carbocycles. The molecule has 5 aromatic rings. The van der Waals surface area contributed by atoms with Crippen LogP contribution in [0.2, 0.25) is 0 Å². The minimum absolute atomic E-state index is 0.00958. The highest BCUT2D eigenvalue weighted by Gasteiger charge is 2.40. The average molecular weight is 604 g/mol. The second-order valence-electron chi connectivity index (χ2n) is 10.9. The predicted molar refractivity (Wildman–Crippen MR) is 148 cm³/mol. The van der Waals surface area contributed by atoms with Crippen LogP contribution in [0, 0.1) is 34.2 Å². The van der Waals surface area contributed by atoms with Gasteiger partial charge in [0, 0.05) is 29.0 Å². The summed E-state index contributed by atoms with van der Waals surface area (Å²) >= 11 is 0. The zero-order chi connectivity index (χ0) is 31.0. The number of halogens is 3. The highest BCUT2D eigenvalue weighted by molar-refractivity contribution is 5.61. The summed E-state index contributed by atoms with van der Waals surface area (Å²) in [5, 5.41) is 19.4. The van der Waals surface area contributed by atoms with Crippen molar-refractivity contribution in [3.8, 4) is 34.9 Å². The summed E-state index contributed by atoms with van der Waals surface area (Å²) in [4.78, 5) is 19.7. The number of nitrogens with one attached hydrogen (secondary N) is 1. The van der Waals surface area contributed by atoms with Crippen LogP contribution in [0.5, 0.6) is 5.88 Å². The standard InChI is InChI=1S/C30H24F3N7O4/c1-30(2)15-42-14-24(30)40-25(37-38-27(40)28-36-29(41)39-44-28)10-18-9-22(33)19(11-21(18)32)23-4-3-5-26(35-23)43-13-17-7-6-16(12-34)8-20(17)31/h3-9,11,24H,10,13-15H2,1-2H3,(H,39,41)/t24-/m0/s1. The molecule has 11 nitrogen and oxygen atoms in total. The van der Waals surface area contributed by atoms with E-state index in [1.807, 2.05) is 19.9 Å². The van der Waals surface area contributed by atoms with E-state index < -0.39 is 23.1 Å². The summed E-state index contributed by atoms with van der Waals surface area (Å²) in [6.45, 7) is 4.53. The van der Waals surface area contributed by atoms with Gasteiger partial charge in [-0.1, -0.05) is 26.0 Å². The summed E-state index contributed by atoms with van der Waals surface area (Å²) in [6.07, 6.45) is -0.135. The molecule has 224 valence electrons. The lowest BCUT2D eigenvalue weighted by atomic mass is 9.87. The number of ether oxygens (including phenoxy) is 2. The summed E-state index contributed by atoms with van der Waals surface area (Å²) < 4.78 is 63.4. The number of benzene rings is 2. The van der Waals surface area contributed by atoms with Crippen LogP contribution in [0.15, 0.2) is 57.8 Å². The van der Waals surface area contributed by atoms with Gasteiger partial charge in [0.15, 0.2) is 0 Å². The Kier molecular flexibility index (Phi) is 7.48. The van der Waals surface area contributed by atoms with Gasteiger partial charge >= 0.3 is 5.69 Å². The molecule has 1 fully saturated rings. The third-order valence-corrected chi connectivity index (χ3v) is 7.40. The molecule has 0 spiro atoms. The van der Waals surface area contributed by atoms with Crippen molar-refractivity contribution in [1.82, 2.24) is 29.9 Å². The Morgan fingerprint density at radius 3 is 2.59 bits per heavy atom. The Balaban J connectivity index is 1.27. The van der Waals surface area contributed by atoms with Gasteiger partial charge in [0.2, 0.25) is 11.7 Å². The first kappa shape index (κ1) is 28.8. The van der Waals surface area contributed by atoms with Crippen molar-refractivity contribution < 1.29 is 27.2 Å². The van der Waals surface area contributed by atoms with Crippen molar-refractivity contribution in [3.63, 3.8) is 0 Å². The fraction of sp³-hybridized carbons (Fsp3) is 0.267. The molecular formula is C30H24F3N7O4. The van der Waals surface area contributed by atoms with Gasteiger partial charge in [0.1, 0.15) is 29.9 Å². The van der Waals surface area contributed by atoms with E-state index in [9.17, 15) is 9.18 Å². The summed E-state index contributed by atoms with van der Waals surface area (Å²) in [5.41, 5.74) is -0.685. The number of pyridine rings is 1. The van der Waals surface area contributed by atoms with E-state index >= 15 is 8.78 Å². The lowest BCUT2D eigenvalue weighted by Gasteiger charge is -2.27. The van der Waals surface area contributed by atoms with Crippen molar-refractivity contribution in [2.24, 2.45) is 5.41 Å². The van der Waals surface area contributed by atoms with E-state index in [1.165, 1.54) is 24.3 Å². The quantitative estimate of drug-likeness (QED) is 0.266. The van der Waals surface area contributed by atoms with Crippen LogP contribution in [-0.4, -0.2) is 43.1 Å². The molecule has 44 heavy (non-hydrogen) atoms. The van der Waals surface area contributed by atoms with Gasteiger partial charge in [-0.05, 0) is 35.9 Å². The first-order valence-electron chi connectivity index (χ1n) is 13.5. The number of hydrogen-bond acceptors (Lipinski definition) is 9. The maximum Gasteiger partial charge on any atom is 0.377 e. The smallest absolute Gasteiger partial charge is 0.377 e. The molecular weight excluding hydrogens is 579 g/mol. The fourth-order valence-corrected chi connectivity index (χ4v) is 5.04. The second-order valence-corrected chi connectivity index (χ2v) is 10.9. The molecule has 14 heteroatoms. The van der Waals surface area contributed by atoms with E-state index in [2.05, 4.69) is 25.3 Å². The molecule has 4 heterocycles. The number of aromatic nitrogens is 6. The van der Waals surface area contributed by atoms with Crippen molar-refractivity contribution >= 4 is 0 Å². The maximum atomic E-state index is 15.5. The van der Waals surface area contributed by atoms with Gasteiger partial charge in [-0.15, -0.1) is 15.2 Å². The molecule has 1 N–H and O–H groups in total. The second kappa shape index (κ2) is 11.4. The molecule has 1 aliphatic heterocycles. The van der Waals surface area contributed by atoms with Crippen LogP contribution < -0.4 is 10.4 Å². The van der Waals surface area contributed by atoms with E-state index in [-0.39, 0.29) is 70.0 Å². The van der Waals surface area contributed by atoms with Crippen molar-refractivity contribution in [2.75, 3.05) is 13.2 Å². The Labute approximate surface area is 247 Å². The minimum Gasteiger partial charge on any atom is -0.473 e. The molecule has 0 saturated carbocycles. The number of H-pyrrole nitrogens is 1. The number of rotatable bonds is 8. The number of aromatic amines is 1. The molecule has 1 saturated heterocycles. The topological polar surface area (TPSA) is 145 Å². The Bertz CT molecular complexity index is 1960. The zero-order valence-corrected chi connectivity index (χ0v) is 23.5. The highest BCUT2D eigenvalue weighted by Crippen LogP contribution is 2.40. The normalized spacial score (nSPS) is 15.8. The third-order valence-electron chi connectivity index (χ3n) is 7.40. The molecule has 0 radical (unpaired) electrons. The number of nitrogens with zero attached hydrogens (tertiary/aromatic N) is 6. The maximum absolute atomic E-state index is 15.5. The molecule has 6 rings (SSSR count). The van der Waals surface area contributed by atoms with E-state index in [0.29, 0.717) is 19.0 Å². The Morgan fingerprint density at radius 2 is 1.89 bits per heavy atom. The van der Waals surface area contributed by atoms with Gasteiger partial charge in [-0.2, -0.15) is 10.4 Å². The number of hydrogen-bond donors (Lipinski definition) is 1. The van der Waals surface area contributed by atoms with Gasteiger partial charge in [-0.3, -0.25) is 0 Å². The molecule has 0 amide bonds. The van der Waals surface area contributed by atoms with Gasteiger partial charge in [0.05, 0.1) is 36.6 Å². The van der Waals surface area contributed by atoms with E-state index in [1.54, 1.807) is 10.6 Å². The lowest BCUT2D eigenvalue weighted by molar-refractivity contribution is 0.166. The van der Waals surface area contributed by atoms with Gasteiger partial charge < -0.3 is 18.6 Å². The molecule has 1 aliphatic rings. The Morgan fingerprint density at radius 1 is 1.07 bits per heavy atom. The largest absolute Gasteiger partial charge is 0.473 e. The van der Waals surface area contributed by atoms with Crippen LogP contribution in [0.4, 0.5) is 13.2 Å². The van der Waals surface area contributed by atoms with Gasteiger partial charge in [0.25, 0.3) is 5.89 Å². The van der Waals surface area contributed by atoms with E-state index in [0.717, 1.165) is 18.2 Å². The van der Waals surface area contributed by atoms with Gasteiger partial charge in [-0.25, -0.2) is 22.9 Å². The minimum atomic E-state index is -0.738. The van der Waals surface area contributed by atoms with E-state index in [4.69, 9.17) is 19.3 Å². The highest BCUT2D eigenvalue weighted by atomic mass is 19.1. The zero-order valence-electron chi connectivity index (χ0n) is 23.5. The predicted octanol–water partition coefficient (Wildman–Crippen LogP) is 4.74. The monoisotopic (exact) mass is 603 g/mol. The summed E-state index contributed by atoms with van der Waals surface area (Å²) in [7, 11) is 0. The molecule has 0 aliphatic carbocycles. The molecule has 3 aromatic heterocycles. The molecule has 0 unspecified atom stereocenters. The molecule has 1 atom stereocenters. The van der Waals surface area contributed by atoms with Crippen LogP contribution >= 0.6 is 0 Å². The fourth-order valence-electron chi connectivity index (χ4n) is 5.04. The lowest BCUT2D eigenvalue weighted by Crippen LogP contribution is -2.27. The molecule has 0 bridgehead atoms. The van der Waals surface area contributed by atoms with Crippen molar-refractivity contribution in [2.45, 2.75) is 32.9 Å². The average Bonchev–Trinajstić information content (AvgIpc) is 3.71. The number of nitriles is 1. The van der Waals surface area contributed by atoms with Crippen LogP contribution in [0.1, 0.15) is 42.4 Å². The third kappa shape index (κ3) is 5.57. The van der Waals surface area contributed by atoms with Crippen molar-refractivity contribution in [1.29, 1.82) is 5.26 Å². The Hall–Kier alpha value is -5.29. The summed E-state index contributed by atoms with van der Waals surface area (Å²) in [6, 6.07) is 12.2. The van der Waals surface area contributed by atoms with Crippen LogP contribution in [0.25, 0.3) is 23.0 Å². The van der Waals surface area contributed by atoms with Crippen LogP contribution in [-0.2, 0) is 17.8 Å². The first-order chi connectivity index (χ1) is 21.1. The van der Waals surface area contributed by atoms with Crippen molar-refractivity contribution in [3.05, 3.63) is 99.0 Å². The summed E-state index contributed by atoms with van der Waals surface area (Å²) in [5.74, 6) is -1.62. The SMILES string of the molecule is CC1(C)COC[C@@H]1n1c(Cc2cc(F)c(-c3cccc(OCc4ccc(C#N)cc4F)n3)cc2F)nnc1-c1nc(=O)[nH]o1. The first-order valence-corrected chi connectivity index (χ1v) is 13.5.